The van der Waals surface area contributed by atoms with E-state index >= 15 is 0 Å². The molecule has 0 saturated carbocycles. The zero-order valence-corrected chi connectivity index (χ0v) is 16.0. The lowest BCUT2D eigenvalue weighted by Crippen LogP contribution is -2.55. The van der Waals surface area contributed by atoms with Gasteiger partial charge in [-0.05, 0) is 25.2 Å². The zero-order chi connectivity index (χ0) is 20.3. The average molecular weight is 391 g/mol. The van der Waals surface area contributed by atoms with E-state index in [1.807, 2.05) is 13.8 Å². The standard InChI is InChI=1S/C15H30N6O4S/c1-8(2)6-11(21-12(22)9(16)7-26)13(23)20-10(14(24)25)4-3-5-19-15(17)18/h8-11,26H,3-7,16H2,1-2H3,(H,20,23)(H,21,22)(H,24,25)(H4,17,18,19)/t9-,10-,11-/m0/s1. The smallest absolute Gasteiger partial charge is 0.326 e. The van der Waals surface area contributed by atoms with Gasteiger partial charge in [0.2, 0.25) is 11.8 Å². The predicted molar refractivity (Wildman–Crippen MR) is 103 cm³/mol. The number of carboxylic acids is 1. The molecule has 0 unspecified atom stereocenters. The van der Waals surface area contributed by atoms with E-state index < -0.39 is 35.9 Å². The van der Waals surface area contributed by atoms with Crippen LogP contribution in [0.4, 0.5) is 0 Å². The maximum absolute atomic E-state index is 12.5. The van der Waals surface area contributed by atoms with E-state index in [1.54, 1.807) is 0 Å². The van der Waals surface area contributed by atoms with Crippen LogP contribution in [-0.2, 0) is 14.4 Å². The lowest BCUT2D eigenvalue weighted by atomic mass is 10.0. The molecule has 3 atom stereocenters. The third-order valence-corrected chi connectivity index (χ3v) is 3.83. The molecular formula is C15H30N6O4S. The normalized spacial score (nSPS) is 14.2. The van der Waals surface area contributed by atoms with E-state index in [2.05, 4.69) is 28.3 Å². The number of guanidine groups is 1. The Kier molecular flexibility index (Phi) is 11.4. The van der Waals surface area contributed by atoms with Crippen LogP contribution in [0.5, 0.6) is 0 Å². The van der Waals surface area contributed by atoms with Gasteiger partial charge in [-0.3, -0.25) is 14.6 Å². The topological polar surface area (TPSA) is 186 Å². The second-order valence-electron chi connectivity index (χ2n) is 6.33. The summed E-state index contributed by atoms with van der Waals surface area (Å²) in [6.07, 6.45) is 0.869. The van der Waals surface area contributed by atoms with E-state index in [0.717, 1.165) is 0 Å². The van der Waals surface area contributed by atoms with Crippen LogP contribution in [0.2, 0.25) is 0 Å². The molecule has 0 heterocycles. The molecule has 26 heavy (non-hydrogen) atoms. The van der Waals surface area contributed by atoms with Crippen molar-refractivity contribution in [3.63, 3.8) is 0 Å². The Bertz CT molecular complexity index is 510. The van der Waals surface area contributed by atoms with Crippen LogP contribution in [0.25, 0.3) is 0 Å². The van der Waals surface area contributed by atoms with Crippen LogP contribution in [0, 0.1) is 5.92 Å². The molecule has 0 aliphatic heterocycles. The van der Waals surface area contributed by atoms with Gasteiger partial charge in [-0.2, -0.15) is 12.6 Å². The minimum Gasteiger partial charge on any atom is -0.480 e. The molecule has 11 heteroatoms. The number of nitrogens with zero attached hydrogens (tertiary/aromatic N) is 1. The number of hydrogen-bond donors (Lipinski definition) is 7. The molecule has 0 saturated heterocycles. The van der Waals surface area contributed by atoms with Crippen molar-refractivity contribution in [2.45, 2.75) is 51.2 Å². The SMILES string of the molecule is CC(C)C[C@H](NC(=O)[C@@H](N)CS)C(=O)N[C@@H](CCCN=C(N)N)C(=O)O. The molecule has 0 aromatic rings. The summed E-state index contributed by atoms with van der Waals surface area (Å²) >= 11 is 3.95. The first-order valence-electron chi connectivity index (χ1n) is 8.33. The number of nitrogens with two attached hydrogens (primary N) is 3. The minimum absolute atomic E-state index is 0.0823. The van der Waals surface area contributed by atoms with Crippen molar-refractivity contribution < 1.29 is 19.5 Å². The first kappa shape index (κ1) is 24.0. The number of aliphatic carboxylic acids is 1. The molecule has 0 aliphatic rings. The van der Waals surface area contributed by atoms with Crippen molar-refractivity contribution in [3.05, 3.63) is 0 Å². The predicted octanol–water partition coefficient (Wildman–Crippen LogP) is -1.60. The number of hydrogen-bond acceptors (Lipinski definition) is 6. The average Bonchev–Trinajstić information content (AvgIpc) is 2.54. The number of aliphatic imine (C=N–C) groups is 1. The molecule has 0 radical (unpaired) electrons. The molecule has 9 N–H and O–H groups in total. The second kappa shape index (κ2) is 12.4. The zero-order valence-electron chi connectivity index (χ0n) is 15.1. The Balaban J connectivity index is 4.90. The van der Waals surface area contributed by atoms with Crippen LogP contribution in [0.15, 0.2) is 4.99 Å². The molecule has 0 aliphatic carbocycles. The fourth-order valence-corrected chi connectivity index (χ4v) is 2.26. The third kappa shape index (κ3) is 10.1. The summed E-state index contributed by atoms with van der Waals surface area (Å²) in [7, 11) is 0. The van der Waals surface area contributed by atoms with Crippen molar-refractivity contribution in [2.24, 2.45) is 28.1 Å². The molecule has 0 aromatic heterocycles. The van der Waals surface area contributed by atoms with Crippen molar-refractivity contribution in [3.8, 4) is 0 Å². The molecule has 0 rings (SSSR count). The Labute approximate surface area is 158 Å². The van der Waals surface area contributed by atoms with Gasteiger partial charge in [-0.1, -0.05) is 13.8 Å². The lowest BCUT2D eigenvalue weighted by molar-refractivity contribution is -0.142. The number of nitrogens with one attached hydrogen (secondary N) is 2. The van der Waals surface area contributed by atoms with Crippen LogP contribution in [0.3, 0.4) is 0 Å². The van der Waals surface area contributed by atoms with Gasteiger partial charge in [0.1, 0.15) is 12.1 Å². The van der Waals surface area contributed by atoms with Gasteiger partial charge in [-0.15, -0.1) is 0 Å². The molecule has 0 bridgehead atoms. The highest BCUT2D eigenvalue weighted by atomic mass is 32.1. The summed E-state index contributed by atoms with van der Waals surface area (Å²) in [6.45, 7) is 4.02. The van der Waals surface area contributed by atoms with Crippen LogP contribution in [0.1, 0.15) is 33.1 Å². The van der Waals surface area contributed by atoms with Gasteiger partial charge >= 0.3 is 5.97 Å². The Hall–Kier alpha value is -2.01. The number of carboxylic acid groups (broad SMARTS) is 1. The second-order valence-corrected chi connectivity index (χ2v) is 6.69. The monoisotopic (exact) mass is 390 g/mol. The maximum atomic E-state index is 12.5. The fourth-order valence-electron chi connectivity index (χ4n) is 2.10. The van der Waals surface area contributed by atoms with Gasteiger partial charge in [0.05, 0.1) is 6.04 Å². The third-order valence-electron chi connectivity index (χ3n) is 3.43. The van der Waals surface area contributed by atoms with Gasteiger partial charge in [0.25, 0.3) is 0 Å². The van der Waals surface area contributed by atoms with Gasteiger partial charge < -0.3 is 32.9 Å². The van der Waals surface area contributed by atoms with E-state index in [4.69, 9.17) is 17.2 Å². The Morgan fingerprint density at radius 2 is 1.69 bits per heavy atom. The molecule has 0 spiro atoms. The number of carbonyl (C=O) groups is 3. The molecule has 10 nitrogen and oxygen atoms in total. The number of carbonyl (C=O) groups excluding carboxylic acids is 2. The summed E-state index contributed by atoms with van der Waals surface area (Å²) < 4.78 is 0. The minimum atomic E-state index is -1.18. The highest BCUT2D eigenvalue weighted by Gasteiger charge is 2.28. The Morgan fingerprint density at radius 3 is 2.15 bits per heavy atom. The quantitative estimate of drug-likeness (QED) is 0.0904. The van der Waals surface area contributed by atoms with Gasteiger partial charge in [0.15, 0.2) is 5.96 Å². The van der Waals surface area contributed by atoms with Crippen LogP contribution >= 0.6 is 12.6 Å². The van der Waals surface area contributed by atoms with Crippen molar-refractivity contribution in [2.75, 3.05) is 12.3 Å². The summed E-state index contributed by atoms with van der Waals surface area (Å²) in [5, 5.41) is 14.3. The molecule has 0 fully saturated rings. The van der Waals surface area contributed by atoms with E-state index in [-0.39, 0.29) is 30.6 Å². The van der Waals surface area contributed by atoms with Crippen molar-refractivity contribution in [1.29, 1.82) is 0 Å². The Morgan fingerprint density at radius 1 is 1.12 bits per heavy atom. The highest BCUT2D eigenvalue weighted by Crippen LogP contribution is 2.07. The number of rotatable bonds is 12. The van der Waals surface area contributed by atoms with Gasteiger partial charge in [-0.25, -0.2) is 4.79 Å². The summed E-state index contributed by atoms with van der Waals surface area (Å²) in [6, 6.07) is -2.84. The summed E-state index contributed by atoms with van der Waals surface area (Å²) in [5.74, 6) is -2.12. The van der Waals surface area contributed by atoms with E-state index in [0.29, 0.717) is 12.8 Å². The highest BCUT2D eigenvalue weighted by molar-refractivity contribution is 7.80. The number of amides is 2. The number of thiol groups is 1. The molecular weight excluding hydrogens is 360 g/mol. The summed E-state index contributed by atoms with van der Waals surface area (Å²) in [4.78, 5) is 39.5. The summed E-state index contributed by atoms with van der Waals surface area (Å²) in [5.41, 5.74) is 16.0. The maximum Gasteiger partial charge on any atom is 0.326 e. The first-order valence-corrected chi connectivity index (χ1v) is 8.97. The molecule has 0 aromatic carbocycles. The van der Waals surface area contributed by atoms with Crippen LogP contribution < -0.4 is 27.8 Å². The molecule has 2 amide bonds. The van der Waals surface area contributed by atoms with Crippen LogP contribution in [-0.4, -0.2) is 59.3 Å². The van der Waals surface area contributed by atoms with Crippen molar-refractivity contribution >= 4 is 36.4 Å². The van der Waals surface area contributed by atoms with E-state index in [9.17, 15) is 19.5 Å². The lowest BCUT2D eigenvalue weighted by Gasteiger charge is -2.23. The molecule has 150 valence electrons. The van der Waals surface area contributed by atoms with Gasteiger partial charge in [0, 0.05) is 12.3 Å². The van der Waals surface area contributed by atoms with E-state index in [1.165, 1.54) is 0 Å². The fraction of sp³-hybridized carbons (Fsp3) is 0.733. The largest absolute Gasteiger partial charge is 0.480 e. The first-order chi connectivity index (χ1) is 12.1. The van der Waals surface area contributed by atoms with Crippen molar-refractivity contribution in [1.82, 2.24) is 10.6 Å².